The van der Waals surface area contributed by atoms with Gasteiger partial charge in [-0.15, -0.1) is 0 Å². The summed E-state index contributed by atoms with van der Waals surface area (Å²) in [6.45, 7) is 10.9. The van der Waals surface area contributed by atoms with Crippen molar-refractivity contribution >= 4 is 0 Å². The normalized spacial score (nSPS) is 18.9. The van der Waals surface area contributed by atoms with Gasteiger partial charge in [0, 0.05) is 19.6 Å². The van der Waals surface area contributed by atoms with E-state index in [1.54, 1.807) is 0 Å². The first-order chi connectivity index (χ1) is 10.7. The van der Waals surface area contributed by atoms with Crippen LogP contribution in [0, 0.1) is 6.92 Å². The molecular formula is C18H30N2O2. The van der Waals surface area contributed by atoms with E-state index in [0.29, 0.717) is 13.2 Å². The number of aliphatic hydroxyl groups is 1. The van der Waals surface area contributed by atoms with Crippen molar-refractivity contribution in [3.8, 4) is 5.75 Å². The van der Waals surface area contributed by atoms with Crippen molar-refractivity contribution in [3.05, 3.63) is 29.8 Å². The molecule has 1 aromatic rings. The zero-order valence-corrected chi connectivity index (χ0v) is 14.0. The van der Waals surface area contributed by atoms with E-state index in [-0.39, 0.29) is 0 Å². The van der Waals surface area contributed by atoms with E-state index in [1.807, 2.05) is 24.3 Å². The smallest absolute Gasteiger partial charge is 0.119 e. The second-order valence-electron chi connectivity index (χ2n) is 6.27. The quantitative estimate of drug-likeness (QED) is 0.837. The number of rotatable bonds is 7. The Bertz CT molecular complexity index is 422. The molecule has 0 amide bonds. The Morgan fingerprint density at radius 2 is 1.77 bits per heavy atom. The van der Waals surface area contributed by atoms with Crippen LogP contribution in [0.3, 0.4) is 0 Å². The predicted octanol–water partition coefficient (Wildman–Crippen LogP) is 2.15. The molecule has 0 bridgehead atoms. The summed E-state index contributed by atoms with van der Waals surface area (Å²) in [7, 11) is 0. The molecule has 0 aromatic heterocycles. The highest BCUT2D eigenvalue weighted by atomic mass is 16.5. The molecule has 0 spiro atoms. The molecule has 1 aliphatic rings. The van der Waals surface area contributed by atoms with Crippen LogP contribution in [0.15, 0.2) is 24.3 Å². The monoisotopic (exact) mass is 306 g/mol. The van der Waals surface area contributed by atoms with Crippen LogP contribution >= 0.6 is 0 Å². The molecular weight excluding hydrogens is 276 g/mol. The zero-order valence-electron chi connectivity index (χ0n) is 14.0. The van der Waals surface area contributed by atoms with Gasteiger partial charge in [-0.3, -0.25) is 4.90 Å². The molecule has 4 nitrogen and oxygen atoms in total. The van der Waals surface area contributed by atoms with Crippen LogP contribution in [0.1, 0.15) is 25.3 Å². The third kappa shape index (κ3) is 5.95. The number of nitrogens with zero attached hydrogens (tertiary/aromatic N) is 2. The highest BCUT2D eigenvalue weighted by molar-refractivity contribution is 5.26. The van der Waals surface area contributed by atoms with Crippen molar-refractivity contribution in [1.29, 1.82) is 0 Å². The van der Waals surface area contributed by atoms with Crippen molar-refractivity contribution in [1.82, 2.24) is 9.80 Å². The Hall–Kier alpha value is -1.10. The van der Waals surface area contributed by atoms with Gasteiger partial charge in [-0.05, 0) is 51.5 Å². The molecule has 1 aliphatic heterocycles. The fourth-order valence-electron chi connectivity index (χ4n) is 2.92. The van der Waals surface area contributed by atoms with Gasteiger partial charge in [-0.1, -0.05) is 24.6 Å². The van der Waals surface area contributed by atoms with Gasteiger partial charge < -0.3 is 14.7 Å². The number of ether oxygens (including phenoxy) is 1. The largest absolute Gasteiger partial charge is 0.491 e. The summed E-state index contributed by atoms with van der Waals surface area (Å²) >= 11 is 0. The fourth-order valence-corrected chi connectivity index (χ4v) is 2.92. The first-order valence-electron chi connectivity index (χ1n) is 8.49. The van der Waals surface area contributed by atoms with Crippen LogP contribution in [0.4, 0.5) is 0 Å². The Labute approximate surface area is 134 Å². The predicted molar refractivity (Wildman–Crippen MR) is 90.5 cm³/mol. The maximum absolute atomic E-state index is 10.2. The van der Waals surface area contributed by atoms with Gasteiger partial charge in [0.15, 0.2) is 0 Å². The standard InChI is InChI=1S/C18H30N2O2/c1-3-9-19-10-4-11-20(13-12-19)14-17(21)15-22-18-7-5-16(2)6-8-18/h5-8,17,21H,3-4,9-15H2,1-2H3. The second-order valence-corrected chi connectivity index (χ2v) is 6.27. The summed E-state index contributed by atoms with van der Waals surface area (Å²) in [5, 5.41) is 10.2. The third-order valence-corrected chi connectivity index (χ3v) is 4.15. The van der Waals surface area contributed by atoms with Gasteiger partial charge in [-0.25, -0.2) is 0 Å². The lowest BCUT2D eigenvalue weighted by molar-refractivity contribution is 0.0693. The molecule has 1 N–H and O–H groups in total. The highest BCUT2D eigenvalue weighted by Gasteiger charge is 2.17. The van der Waals surface area contributed by atoms with Crippen molar-refractivity contribution < 1.29 is 9.84 Å². The molecule has 0 radical (unpaired) electrons. The molecule has 22 heavy (non-hydrogen) atoms. The van der Waals surface area contributed by atoms with Gasteiger partial charge in [0.05, 0.1) is 0 Å². The molecule has 1 unspecified atom stereocenters. The van der Waals surface area contributed by atoms with E-state index in [4.69, 9.17) is 4.74 Å². The van der Waals surface area contributed by atoms with E-state index in [1.165, 1.54) is 31.5 Å². The SMILES string of the molecule is CCCN1CCCN(CC(O)COc2ccc(C)cc2)CC1. The Balaban J connectivity index is 1.70. The Kier molecular flexibility index (Phi) is 7.16. The van der Waals surface area contributed by atoms with Gasteiger partial charge in [-0.2, -0.15) is 0 Å². The summed E-state index contributed by atoms with van der Waals surface area (Å²) in [5.74, 6) is 0.828. The molecule has 124 valence electrons. The minimum absolute atomic E-state index is 0.359. The van der Waals surface area contributed by atoms with Crippen LogP contribution in [-0.4, -0.2) is 66.9 Å². The molecule has 1 atom stereocenters. The van der Waals surface area contributed by atoms with Crippen LogP contribution < -0.4 is 4.74 Å². The van der Waals surface area contributed by atoms with Gasteiger partial charge in [0.25, 0.3) is 0 Å². The number of hydrogen-bond acceptors (Lipinski definition) is 4. The Morgan fingerprint density at radius 3 is 2.50 bits per heavy atom. The van der Waals surface area contributed by atoms with Crippen molar-refractivity contribution in [3.63, 3.8) is 0 Å². The minimum atomic E-state index is -0.431. The van der Waals surface area contributed by atoms with Crippen LogP contribution in [0.2, 0.25) is 0 Å². The van der Waals surface area contributed by atoms with E-state index < -0.39 is 6.10 Å². The molecule has 0 saturated carbocycles. The maximum Gasteiger partial charge on any atom is 0.119 e. The number of aryl methyl sites for hydroxylation is 1. The maximum atomic E-state index is 10.2. The lowest BCUT2D eigenvalue weighted by Crippen LogP contribution is -2.38. The van der Waals surface area contributed by atoms with Crippen LogP contribution in [0.25, 0.3) is 0 Å². The first-order valence-corrected chi connectivity index (χ1v) is 8.49. The summed E-state index contributed by atoms with van der Waals surface area (Å²) in [5.41, 5.74) is 1.22. The molecule has 1 heterocycles. The van der Waals surface area contributed by atoms with Crippen LogP contribution in [-0.2, 0) is 0 Å². The lowest BCUT2D eigenvalue weighted by Gasteiger charge is -2.24. The molecule has 1 aromatic carbocycles. The third-order valence-electron chi connectivity index (χ3n) is 4.15. The summed E-state index contributed by atoms with van der Waals surface area (Å²) in [6, 6.07) is 7.96. The first kappa shape index (κ1) is 17.3. The molecule has 4 heteroatoms. The average Bonchev–Trinajstić information content (AvgIpc) is 2.73. The molecule has 1 saturated heterocycles. The van der Waals surface area contributed by atoms with E-state index in [2.05, 4.69) is 23.6 Å². The van der Waals surface area contributed by atoms with E-state index >= 15 is 0 Å². The van der Waals surface area contributed by atoms with Crippen molar-refractivity contribution in [2.45, 2.75) is 32.8 Å². The number of aliphatic hydroxyl groups excluding tert-OH is 1. The minimum Gasteiger partial charge on any atom is -0.491 e. The molecule has 2 rings (SSSR count). The summed E-state index contributed by atoms with van der Waals surface area (Å²) in [6.07, 6.45) is 1.97. The van der Waals surface area contributed by atoms with E-state index in [0.717, 1.165) is 25.4 Å². The van der Waals surface area contributed by atoms with Gasteiger partial charge >= 0.3 is 0 Å². The lowest BCUT2D eigenvalue weighted by atomic mass is 10.2. The number of hydrogen-bond donors (Lipinski definition) is 1. The van der Waals surface area contributed by atoms with Gasteiger partial charge in [0.1, 0.15) is 18.5 Å². The number of benzene rings is 1. The molecule has 0 aliphatic carbocycles. The fraction of sp³-hybridized carbons (Fsp3) is 0.667. The second kappa shape index (κ2) is 9.13. The average molecular weight is 306 g/mol. The highest BCUT2D eigenvalue weighted by Crippen LogP contribution is 2.12. The van der Waals surface area contributed by atoms with Crippen LogP contribution in [0.5, 0.6) is 5.75 Å². The molecule has 1 fully saturated rings. The number of β-amino-alcohol motifs (C(OH)–C–C–N with tert-alkyl or cyclic N) is 1. The summed E-state index contributed by atoms with van der Waals surface area (Å²) in [4.78, 5) is 4.88. The van der Waals surface area contributed by atoms with Crippen molar-refractivity contribution in [2.75, 3.05) is 45.9 Å². The summed E-state index contributed by atoms with van der Waals surface area (Å²) < 4.78 is 5.67. The van der Waals surface area contributed by atoms with Crippen molar-refractivity contribution in [2.24, 2.45) is 0 Å². The zero-order chi connectivity index (χ0) is 15.8. The van der Waals surface area contributed by atoms with Gasteiger partial charge in [0.2, 0.25) is 0 Å². The Morgan fingerprint density at radius 1 is 1.09 bits per heavy atom. The van der Waals surface area contributed by atoms with E-state index in [9.17, 15) is 5.11 Å². The topological polar surface area (TPSA) is 35.9 Å².